The lowest BCUT2D eigenvalue weighted by atomic mass is 9.97. The van der Waals surface area contributed by atoms with Crippen molar-refractivity contribution in [1.82, 2.24) is 0 Å². The van der Waals surface area contributed by atoms with Crippen molar-refractivity contribution in [3.8, 4) is 0 Å². The summed E-state index contributed by atoms with van der Waals surface area (Å²) in [6.07, 6.45) is -2.67. The molecule has 2 rings (SSSR count). The summed E-state index contributed by atoms with van der Waals surface area (Å²) in [6, 6.07) is 5.48. The van der Waals surface area contributed by atoms with Gasteiger partial charge in [-0.15, -0.1) is 0 Å². The molecule has 21 heavy (non-hydrogen) atoms. The summed E-state index contributed by atoms with van der Waals surface area (Å²) in [5.41, 5.74) is 2.51. The first-order valence-corrected chi connectivity index (χ1v) is 7.00. The third-order valence-electron chi connectivity index (χ3n) is 3.95. The number of nitrogens with zero attached hydrogens (tertiary/aromatic N) is 1. The maximum atomic E-state index is 10.5. The first-order valence-electron chi connectivity index (χ1n) is 7.00. The number of aliphatic hydroxyl groups is 3. The van der Waals surface area contributed by atoms with E-state index in [4.69, 9.17) is 4.74 Å². The molecule has 1 heterocycles. The van der Waals surface area contributed by atoms with Crippen molar-refractivity contribution in [3.05, 3.63) is 35.9 Å². The van der Waals surface area contributed by atoms with Gasteiger partial charge >= 0.3 is 0 Å². The van der Waals surface area contributed by atoms with Crippen molar-refractivity contribution in [2.75, 3.05) is 19.0 Å². The lowest BCUT2D eigenvalue weighted by Crippen LogP contribution is -2.35. The van der Waals surface area contributed by atoms with Gasteiger partial charge in [-0.3, -0.25) is 0 Å². The van der Waals surface area contributed by atoms with Gasteiger partial charge in [-0.25, -0.2) is 0 Å². The van der Waals surface area contributed by atoms with Crippen LogP contribution in [0.25, 0.3) is 6.08 Å². The molecule has 0 bridgehead atoms. The third-order valence-corrected chi connectivity index (χ3v) is 3.95. The lowest BCUT2D eigenvalue weighted by Gasteiger charge is -2.24. The molecule has 0 unspecified atom stereocenters. The van der Waals surface area contributed by atoms with Crippen molar-refractivity contribution in [1.29, 1.82) is 0 Å². The predicted molar refractivity (Wildman–Crippen MR) is 82.2 cm³/mol. The van der Waals surface area contributed by atoms with E-state index < -0.39 is 30.5 Å². The van der Waals surface area contributed by atoms with Crippen LogP contribution < -0.4 is 4.90 Å². The summed E-state index contributed by atoms with van der Waals surface area (Å²) in [5.74, 6) is 0. The molecule has 1 aromatic carbocycles. The fraction of sp³-hybridized carbons (Fsp3) is 0.500. The van der Waals surface area contributed by atoms with Crippen LogP contribution in [0, 0.1) is 0 Å². The number of benzene rings is 1. The van der Waals surface area contributed by atoms with Crippen LogP contribution in [0.1, 0.15) is 24.2 Å². The molecule has 0 amide bonds. The van der Waals surface area contributed by atoms with Crippen LogP contribution in [0.2, 0.25) is 0 Å². The summed E-state index contributed by atoms with van der Waals surface area (Å²) >= 11 is 0. The maximum Gasteiger partial charge on any atom is 0.116 e. The first kappa shape index (κ1) is 16.0. The maximum absolute atomic E-state index is 10.5. The molecule has 1 aliphatic heterocycles. The minimum absolute atomic E-state index is 0.500. The minimum atomic E-state index is -1.10. The molecular weight excluding hydrogens is 270 g/mol. The monoisotopic (exact) mass is 293 g/mol. The molecule has 0 aromatic heterocycles. The van der Waals surface area contributed by atoms with Crippen LogP contribution in [0.5, 0.6) is 0 Å². The van der Waals surface area contributed by atoms with E-state index >= 15 is 0 Å². The molecule has 5 atom stereocenters. The Kier molecular flexibility index (Phi) is 4.68. The topological polar surface area (TPSA) is 73.2 Å². The summed E-state index contributed by atoms with van der Waals surface area (Å²) in [5, 5.41) is 30.2. The van der Waals surface area contributed by atoms with E-state index in [0.29, 0.717) is 5.56 Å². The Morgan fingerprint density at radius 3 is 2.43 bits per heavy atom. The average molecular weight is 293 g/mol. The molecule has 5 nitrogen and oxygen atoms in total. The van der Waals surface area contributed by atoms with Gasteiger partial charge < -0.3 is 25.0 Å². The van der Waals surface area contributed by atoms with Gasteiger partial charge in [0.2, 0.25) is 0 Å². The van der Waals surface area contributed by atoms with Crippen LogP contribution in [0.3, 0.4) is 0 Å². The number of aliphatic hydroxyl groups excluding tert-OH is 3. The van der Waals surface area contributed by atoms with Gasteiger partial charge in [0.1, 0.15) is 24.4 Å². The average Bonchev–Trinajstić information content (AvgIpc) is 2.73. The zero-order valence-electron chi connectivity index (χ0n) is 12.6. The van der Waals surface area contributed by atoms with E-state index in [9.17, 15) is 15.3 Å². The molecule has 1 saturated heterocycles. The Bertz CT molecular complexity index is 517. The summed E-state index contributed by atoms with van der Waals surface area (Å²) < 4.78 is 5.48. The normalized spacial score (nSPS) is 30.2. The first-order chi connectivity index (χ1) is 9.86. The van der Waals surface area contributed by atoms with E-state index in [2.05, 4.69) is 6.58 Å². The molecule has 3 N–H and O–H groups in total. The summed E-state index contributed by atoms with van der Waals surface area (Å²) in [6.45, 7) is 5.44. The molecule has 5 heteroatoms. The van der Waals surface area contributed by atoms with Crippen LogP contribution in [-0.4, -0.2) is 53.8 Å². The molecule has 1 aromatic rings. The largest absolute Gasteiger partial charge is 0.388 e. The van der Waals surface area contributed by atoms with Gasteiger partial charge in [0, 0.05) is 19.8 Å². The molecule has 0 spiro atoms. The summed E-state index contributed by atoms with van der Waals surface area (Å²) in [7, 11) is 3.82. The van der Waals surface area contributed by atoms with E-state index in [1.54, 1.807) is 19.1 Å². The zero-order valence-corrected chi connectivity index (χ0v) is 12.6. The second-order valence-corrected chi connectivity index (χ2v) is 5.65. The van der Waals surface area contributed by atoms with Gasteiger partial charge in [0.15, 0.2) is 0 Å². The number of hydrogen-bond donors (Lipinski definition) is 3. The number of anilines is 1. The Labute approximate surface area is 125 Å². The van der Waals surface area contributed by atoms with E-state index in [0.717, 1.165) is 11.3 Å². The van der Waals surface area contributed by atoms with Crippen LogP contribution in [0.4, 0.5) is 5.69 Å². The lowest BCUT2D eigenvalue weighted by molar-refractivity contribution is -0.0635. The Morgan fingerprint density at radius 1 is 1.29 bits per heavy atom. The van der Waals surface area contributed by atoms with Crippen molar-refractivity contribution in [3.63, 3.8) is 0 Å². The van der Waals surface area contributed by atoms with E-state index in [1.165, 1.54) is 0 Å². The van der Waals surface area contributed by atoms with E-state index in [1.807, 2.05) is 31.1 Å². The second kappa shape index (κ2) is 6.15. The molecular formula is C16H23NO4. The minimum Gasteiger partial charge on any atom is -0.388 e. The van der Waals surface area contributed by atoms with Crippen LogP contribution in [0.15, 0.2) is 24.8 Å². The highest BCUT2D eigenvalue weighted by Crippen LogP contribution is 2.33. The third kappa shape index (κ3) is 2.96. The fourth-order valence-electron chi connectivity index (χ4n) is 2.64. The highest BCUT2D eigenvalue weighted by Gasteiger charge is 2.44. The van der Waals surface area contributed by atoms with Crippen molar-refractivity contribution in [2.24, 2.45) is 0 Å². The van der Waals surface area contributed by atoms with Crippen molar-refractivity contribution >= 4 is 11.8 Å². The summed E-state index contributed by atoms with van der Waals surface area (Å²) in [4.78, 5) is 1.93. The molecule has 0 saturated carbocycles. The zero-order chi connectivity index (χ0) is 15.7. The standard InChI is InChI=1S/C16H23NO4/c1-5-10-6-7-11(8-12(10)17(3)4)14(19)16-15(20)13(18)9(2)21-16/h5-9,13-16,18-20H,1H2,2-4H3/t9-,13-,14+,15-,16+/m0/s1. The highest BCUT2D eigenvalue weighted by molar-refractivity contribution is 5.67. The Hall–Kier alpha value is -1.40. The van der Waals surface area contributed by atoms with Crippen LogP contribution in [-0.2, 0) is 4.74 Å². The van der Waals surface area contributed by atoms with Gasteiger partial charge in [-0.2, -0.15) is 0 Å². The van der Waals surface area contributed by atoms with Crippen molar-refractivity contribution in [2.45, 2.75) is 37.4 Å². The SMILES string of the molecule is C=Cc1ccc([C@@H](O)[C@H]2O[C@@H](C)[C@H](O)[C@@H]2O)cc1N(C)C. The Morgan fingerprint density at radius 2 is 1.95 bits per heavy atom. The number of rotatable bonds is 4. The fourth-order valence-corrected chi connectivity index (χ4v) is 2.64. The smallest absolute Gasteiger partial charge is 0.116 e. The van der Waals surface area contributed by atoms with Gasteiger partial charge in [-0.05, 0) is 24.1 Å². The predicted octanol–water partition coefficient (Wildman–Crippen LogP) is 0.938. The van der Waals surface area contributed by atoms with Crippen LogP contribution >= 0.6 is 0 Å². The van der Waals surface area contributed by atoms with Gasteiger partial charge in [-0.1, -0.05) is 24.8 Å². The van der Waals surface area contributed by atoms with Gasteiger partial charge in [0.05, 0.1) is 6.10 Å². The van der Waals surface area contributed by atoms with Crippen molar-refractivity contribution < 1.29 is 20.1 Å². The number of ether oxygens (including phenoxy) is 1. The Balaban J connectivity index is 2.30. The molecule has 0 radical (unpaired) electrons. The molecule has 116 valence electrons. The highest BCUT2D eigenvalue weighted by atomic mass is 16.6. The number of hydrogen-bond acceptors (Lipinski definition) is 5. The molecule has 1 aliphatic rings. The molecule has 1 fully saturated rings. The quantitative estimate of drug-likeness (QED) is 0.770. The van der Waals surface area contributed by atoms with E-state index in [-0.39, 0.29) is 0 Å². The second-order valence-electron chi connectivity index (χ2n) is 5.65. The van der Waals surface area contributed by atoms with Gasteiger partial charge in [0.25, 0.3) is 0 Å². The molecule has 0 aliphatic carbocycles.